The first-order valence-electron chi connectivity index (χ1n) is 10.6. The van der Waals surface area contributed by atoms with Gasteiger partial charge in [0.25, 0.3) is 0 Å². The molecule has 0 atom stereocenters. The van der Waals surface area contributed by atoms with Gasteiger partial charge in [0.1, 0.15) is 0 Å². The van der Waals surface area contributed by atoms with Crippen molar-refractivity contribution in [2.24, 2.45) is 0 Å². The van der Waals surface area contributed by atoms with Crippen LogP contribution in [0, 0.1) is 0 Å². The molecule has 144 valence electrons. The number of carbonyl (C=O) groups excluding carboxylic acids is 1. The molecule has 0 aliphatic rings. The van der Waals surface area contributed by atoms with E-state index >= 15 is 0 Å². The molecule has 0 bridgehead atoms. The van der Waals surface area contributed by atoms with Crippen LogP contribution in [0.4, 0.5) is 0 Å². The quantitative estimate of drug-likeness (QED) is 0.174. The largest absolute Gasteiger partial charge is 0.391 e. The Kier molecular flexibility index (Phi) is 20.7. The van der Waals surface area contributed by atoms with Crippen LogP contribution >= 0.6 is 12.0 Å². The molecular weight excluding hydrogens is 316 g/mol. The fourth-order valence-electron chi connectivity index (χ4n) is 2.88. The maximum Gasteiger partial charge on any atom is 0.317 e. The van der Waals surface area contributed by atoms with Gasteiger partial charge in [0.05, 0.1) is 12.0 Å². The van der Waals surface area contributed by atoms with Gasteiger partial charge < -0.3 is 4.18 Å². The third-order valence-corrected chi connectivity index (χ3v) is 5.28. The van der Waals surface area contributed by atoms with E-state index in [4.69, 9.17) is 4.18 Å². The van der Waals surface area contributed by atoms with E-state index in [9.17, 15) is 4.79 Å². The molecule has 0 aromatic heterocycles. The van der Waals surface area contributed by atoms with E-state index in [1.807, 2.05) is 6.92 Å². The first-order chi connectivity index (χ1) is 11.8. The lowest BCUT2D eigenvalue weighted by molar-refractivity contribution is -0.132. The van der Waals surface area contributed by atoms with Crippen LogP contribution in [0.1, 0.15) is 123 Å². The van der Waals surface area contributed by atoms with E-state index < -0.39 is 0 Å². The molecule has 24 heavy (non-hydrogen) atoms. The predicted molar refractivity (Wildman–Crippen MR) is 108 cm³/mol. The summed E-state index contributed by atoms with van der Waals surface area (Å²) >= 11 is 1.32. The summed E-state index contributed by atoms with van der Waals surface area (Å²) in [6, 6.07) is 0. The molecule has 0 fully saturated rings. The Bertz CT molecular complexity index is 256. The van der Waals surface area contributed by atoms with Crippen molar-refractivity contribution in [3.63, 3.8) is 0 Å². The Morgan fingerprint density at radius 2 is 1.00 bits per heavy atom. The van der Waals surface area contributed by atoms with E-state index in [0.29, 0.717) is 6.42 Å². The topological polar surface area (TPSA) is 26.3 Å². The monoisotopic (exact) mass is 358 g/mol. The molecule has 0 spiro atoms. The highest BCUT2D eigenvalue weighted by atomic mass is 32.2. The van der Waals surface area contributed by atoms with Gasteiger partial charge in [-0.25, -0.2) is 0 Å². The number of unbranched alkanes of at least 4 members (excludes halogenated alkanes) is 15. The first kappa shape index (κ1) is 23.8. The smallest absolute Gasteiger partial charge is 0.317 e. The van der Waals surface area contributed by atoms with Crippen LogP contribution in [0.3, 0.4) is 0 Å². The average Bonchev–Trinajstić information content (AvgIpc) is 2.60. The summed E-state index contributed by atoms with van der Waals surface area (Å²) in [5.41, 5.74) is 0. The second-order valence-electron chi connectivity index (χ2n) is 6.93. The van der Waals surface area contributed by atoms with Gasteiger partial charge >= 0.3 is 5.97 Å². The summed E-state index contributed by atoms with van der Waals surface area (Å²) in [6.45, 7) is 4.11. The van der Waals surface area contributed by atoms with Crippen molar-refractivity contribution >= 4 is 18.0 Å². The number of carbonyl (C=O) groups is 1. The summed E-state index contributed by atoms with van der Waals surface area (Å²) in [5, 5.41) is 0. The van der Waals surface area contributed by atoms with Gasteiger partial charge in [-0.2, -0.15) is 0 Å². The Morgan fingerprint density at radius 3 is 1.38 bits per heavy atom. The molecule has 2 nitrogen and oxygen atoms in total. The zero-order chi connectivity index (χ0) is 17.7. The highest BCUT2D eigenvalue weighted by Gasteiger charge is 1.99. The van der Waals surface area contributed by atoms with E-state index in [2.05, 4.69) is 6.92 Å². The van der Waals surface area contributed by atoms with Crippen LogP contribution < -0.4 is 0 Å². The van der Waals surface area contributed by atoms with Crippen LogP contribution in [0.5, 0.6) is 0 Å². The lowest BCUT2D eigenvalue weighted by Gasteiger charge is -2.04. The van der Waals surface area contributed by atoms with Crippen LogP contribution in [0.2, 0.25) is 0 Å². The average molecular weight is 359 g/mol. The third-order valence-electron chi connectivity index (χ3n) is 4.52. The zero-order valence-corrected chi connectivity index (χ0v) is 17.3. The summed E-state index contributed by atoms with van der Waals surface area (Å²) in [7, 11) is 0. The van der Waals surface area contributed by atoms with Crippen molar-refractivity contribution in [3.05, 3.63) is 0 Å². The van der Waals surface area contributed by atoms with Crippen molar-refractivity contribution in [2.75, 3.05) is 5.75 Å². The van der Waals surface area contributed by atoms with Gasteiger partial charge in [0.15, 0.2) is 0 Å². The lowest BCUT2D eigenvalue weighted by Crippen LogP contribution is -1.96. The zero-order valence-electron chi connectivity index (χ0n) is 16.5. The molecule has 0 saturated carbocycles. The lowest BCUT2D eigenvalue weighted by atomic mass is 10.0. The molecule has 0 aromatic rings. The number of hydrogen-bond donors (Lipinski definition) is 0. The third kappa shape index (κ3) is 19.9. The highest BCUT2D eigenvalue weighted by Crippen LogP contribution is 2.14. The van der Waals surface area contributed by atoms with Gasteiger partial charge in [-0.05, 0) is 6.42 Å². The molecular formula is C21H42O2S. The minimum atomic E-state index is -0.100. The second kappa shape index (κ2) is 20.9. The summed E-state index contributed by atoms with van der Waals surface area (Å²) in [5.74, 6) is 0.848. The molecule has 0 amide bonds. The van der Waals surface area contributed by atoms with Crippen molar-refractivity contribution < 1.29 is 8.98 Å². The second-order valence-corrected chi connectivity index (χ2v) is 7.74. The van der Waals surface area contributed by atoms with Crippen molar-refractivity contribution in [3.8, 4) is 0 Å². The molecule has 0 heterocycles. The number of hydrogen-bond acceptors (Lipinski definition) is 3. The van der Waals surface area contributed by atoms with E-state index in [1.165, 1.54) is 115 Å². The van der Waals surface area contributed by atoms with E-state index in [-0.39, 0.29) is 5.97 Å². The fourth-order valence-corrected chi connectivity index (χ4v) is 3.53. The van der Waals surface area contributed by atoms with Gasteiger partial charge in [0, 0.05) is 12.2 Å². The molecule has 0 N–H and O–H groups in total. The molecule has 0 rings (SSSR count). The van der Waals surface area contributed by atoms with Crippen LogP contribution in [0.15, 0.2) is 0 Å². The summed E-state index contributed by atoms with van der Waals surface area (Å²) in [4.78, 5) is 10.9. The first-order valence-corrected chi connectivity index (χ1v) is 11.5. The van der Waals surface area contributed by atoms with Crippen LogP contribution in [0.25, 0.3) is 0 Å². The predicted octanol–water partition coefficient (Wildman–Crippen LogP) is 7.85. The minimum Gasteiger partial charge on any atom is -0.391 e. The van der Waals surface area contributed by atoms with Gasteiger partial charge in [-0.15, -0.1) is 0 Å². The van der Waals surface area contributed by atoms with Crippen LogP contribution in [-0.2, 0) is 8.98 Å². The normalized spacial score (nSPS) is 10.9. The van der Waals surface area contributed by atoms with Crippen molar-refractivity contribution in [1.82, 2.24) is 0 Å². The Morgan fingerprint density at radius 1 is 0.625 bits per heavy atom. The molecule has 0 saturated heterocycles. The van der Waals surface area contributed by atoms with E-state index in [0.717, 1.165) is 5.75 Å². The molecule has 0 radical (unpaired) electrons. The molecule has 0 aliphatic heterocycles. The van der Waals surface area contributed by atoms with Gasteiger partial charge in [-0.1, -0.05) is 110 Å². The van der Waals surface area contributed by atoms with E-state index in [1.54, 1.807) is 0 Å². The summed E-state index contributed by atoms with van der Waals surface area (Å²) in [6.07, 6.45) is 22.8. The standard InChI is InChI=1S/C21H42O2S/c1-3-5-6-7-8-9-10-11-12-13-14-15-16-17-18-19-20-24-23-21(22)4-2/h3-20H2,1-2H3. The van der Waals surface area contributed by atoms with Crippen molar-refractivity contribution in [2.45, 2.75) is 123 Å². The highest BCUT2D eigenvalue weighted by molar-refractivity contribution is 7.95. The fraction of sp³-hybridized carbons (Fsp3) is 0.952. The Balaban J connectivity index is 2.99. The molecule has 3 heteroatoms. The minimum absolute atomic E-state index is 0.100. The maximum absolute atomic E-state index is 10.9. The molecule has 0 aliphatic carbocycles. The Hall–Kier alpha value is -0.180. The summed E-state index contributed by atoms with van der Waals surface area (Å²) < 4.78 is 4.99. The van der Waals surface area contributed by atoms with Gasteiger partial charge in [0.2, 0.25) is 0 Å². The Labute approximate surface area is 156 Å². The molecule has 0 aromatic carbocycles. The molecule has 0 unspecified atom stereocenters. The SMILES string of the molecule is CCCCCCCCCCCCCCCCCCSOC(=O)CC. The van der Waals surface area contributed by atoms with Crippen molar-refractivity contribution in [1.29, 1.82) is 0 Å². The number of rotatable bonds is 19. The van der Waals surface area contributed by atoms with Gasteiger partial charge in [-0.3, -0.25) is 4.79 Å². The maximum atomic E-state index is 10.9. The van der Waals surface area contributed by atoms with Crippen LogP contribution in [-0.4, -0.2) is 11.7 Å².